The summed E-state index contributed by atoms with van der Waals surface area (Å²) in [6.07, 6.45) is 4.51. The monoisotopic (exact) mass is 398 g/mol. The van der Waals surface area contributed by atoms with Gasteiger partial charge in [0.1, 0.15) is 5.82 Å². The highest BCUT2D eigenvalue weighted by atomic mass is 16.5. The van der Waals surface area contributed by atoms with Crippen LogP contribution >= 0.6 is 0 Å². The Kier molecular flexibility index (Phi) is 5.48. The van der Waals surface area contributed by atoms with E-state index in [1.807, 2.05) is 0 Å². The molecule has 0 aliphatic rings. The van der Waals surface area contributed by atoms with E-state index < -0.39 is 17.4 Å². The van der Waals surface area contributed by atoms with Gasteiger partial charge in [-0.3, -0.25) is 9.36 Å². The maximum Gasteiger partial charge on any atom is 0.333 e. The number of hydrogen-bond acceptors (Lipinski definition) is 6. The number of rotatable bonds is 6. The van der Waals surface area contributed by atoms with E-state index in [1.54, 1.807) is 36.7 Å². The molecule has 0 radical (unpaired) electrons. The first kappa shape index (κ1) is 20.2. The van der Waals surface area contributed by atoms with Crippen LogP contribution in [0.25, 0.3) is 22.6 Å². The van der Waals surface area contributed by atoms with Crippen LogP contribution in [0.15, 0.2) is 27.8 Å². The fourth-order valence-electron chi connectivity index (χ4n) is 3.26. The second kappa shape index (κ2) is 7.85. The lowest BCUT2D eigenvalue weighted by atomic mass is 10.2. The number of terminal acetylenes is 1. The highest BCUT2D eigenvalue weighted by Crippen LogP contribution is 2.32. The summed E-state index contributed by atoms with van der Waals surface area (Å²) >= 11 is 0. The molecule has 9 heteroatoms. The average molecular weight is 398 g/mol. The van der Waals surface area contributed by atoms with Crippen LogP contribution < -0.4 is 20.7 Å². The fourth-order valence-corrected chi connectivity index (χ4v) is 3.26. The number of nitrogens with zero attached hydrogens (tertiary/aromatic N) is 4. The Bertz CT molecular complexity index is 1230. The van der Waals surface area contributed by atoms with Gasteiger partial charge in [-0.15, -0.1) is 6.42 Å². The maximum atomic E-state index is 13.0. The largest absolute Gasteiger partial charge is 0.493 e. The third-order valence-electron chi connectivity index (χ3n) is 4.58. The van der Waals surface area contributed by atoms with Crippen LogP contribution in [0.2, 0.25) is 0 Å². The fraction of sp³-hybridized carbons (Fsp3) is 0.350. The van der Waals surface area contributed by atoms with Gasteiger partial charge in [0, 0.05) is 12.6 Å². The number of hydrogen-bond donors (Lipinski definition) is 1. The number of fused-ring (bicyclic) bond motifs is 1. The van der Waals surface area contributed by atoms with Crippen LogP contribution in [0.3, 0.4) is 0 Å². The minimum atomic E-state index is -0.820. The molecule has 3 aromatic rings. The predicted molar refractivity (Wildman–Crippen MR) is 108 cm³/mol. The van der Waals surface area contributed by atoms with Crippen LogP contribution in [0.4, 0.5) is 0 Å². The maximum absolute atomic E-state index is 13.0. The lowest BCUT2D eigenvalue weighted by Gasteiger charge is -2.11. The van der Waals surface area contributed by atoms with E-state index >= 15 is 0 Å². The van der Waals surface area contributed by atoms with Crippen molar-refractivity contribution in [3.63, 3.8) is 0 Å². The molecule has 0 saturated heterocycles. The molecule has 152 valence electrons. The normalized spacial score (nSPS) is 12.0. The van der Waals surface area contributed by atoms with E-state index in [9.17, 15) is 14.7 Å². The summed E-state index contributed by atoms with van der Waals surface area (Å²) in [4.78, 5) is 30.3. The zero-order chi connectivity index (χ0) is 21.3. The minimum absolute atomic E-state index is 0.0252. The number of aromatic nitrogens is 4. The third kappa shape index (κ3) is 3.39. The van der Waals surface area contributed by atoms with E-state index in [2.05, 4.69) is 10.9 Å². The van der Waals surface area contributed by atoms with Gasteiger partial charge in [-0.05, 0) is 25.1 Å². The molecule has 1 atom stereocenters. The van der Waals surface area contributed by atoms with E-state index in [0.29, 0.717) is 22.9 Å². The van der Waals surface area contributed by atoms with Crippen LogP contribution in [0, 0.1) is 12.3 Å². The molecule has 1 N–H and O–H groups in total. The standard InChI is InChI=1S/C20H22N4O5/c1-6-9-23-19(26)16-18(24(20(23)27)11-12(2)25)21-17(22(16)3)13-7-8-14(28-4)15(10-13)29-5/h1,7-8,10,12,25H,9,11H2,2-5H3. The molecule has 3 rings (SSSR count). The van der Waals surface area contributed by atoms with Gasteiger partial charge in [-0.2, -0.15) is 0 Å². The van der Waals surface area contributed by atoms with Crippen molar-refractivity contribution >= 4 is 11.2 Å². The Morgan fingerprint density at radius 2 is 1.90 bits per heavy atom. The molecule has 2 heterocycles. The summed E-state index contributed by atoms with van der Waals surface area (Å²) < 4.78 is 14.4. The van der Waals surface area contributed by atoms with Crippen molar-refractivity contribution in [2.24, 2.45) is 7.05 Å². The SMILES string of the molecule is C#CCn1c(=O)c2c(nc(-c3ccc(OC)c(OC)c3)n2C)n(CC(C)O)c1=O. The molecular weight excluding hydrogens is 376 g/mol. The number of benzene rings is 1. The van der Waals surface area contributed by atoms with Gasteiger partial charge in [-0.25, -0.2) is 14.3 Å². The number of imidazole rings is 1. The van der Waals surface area contributed by atoms with Crippen LogP contribution in [-0.2, 0) is 20.1 Å². The Labute approximate surface area is 166 Å². The molecule has 1 aromatic carbocycles. The Morgan fingerprint density at radius 3 is 2.48 bits per heavy atom. The van der Waals surface area contributed by atoms with Gasteiger partial charge in [0.2, 0.25) is 0 Å². The highest BCUT2D eigenvalue weighted by Gasteiger charge is 2.21. The summed E-state index contributed by atoms with van der Waals surface area (Å²) in [6, 6.07) is 5.24. The highest BCUT2D eigenvalue weighted by molar-refractivity contribution is 5.77. The zero-order valence-electron chi connectivity index (χ0n) is 16.7. The lowest BCUT2D eigenvalue weighted by molar-refractivity contribution is 0.172. The Morgan fingerprint density at radius 1 is 1.21 bits per heavy atom. The van der Waals surface area contributed by atoms with E-state index in [4.69, 9.17) is 15.9 Å². The molecular formula is C20H22N4O5. The van der Waals surface area contributed by atoms with Gasteiger partial charge in [-0.1, -0.05) is 5.92 Å². The zero-order valence-corrected chi connectivity index (χ0v) is 16.7. The smallest absolute Gasteiger partial charge is 0.333 e. The molecule has 0 fully saturated rings. The summed E-state index contributed by atoms with van der Waals surface area (Å²) in [7, 11) is 4.74. The number of aliphatic hydroxyl groups excluding tert-OH is 1. The van der Waals surface area contributed by atoms with Gasteiger partial charge in [0.05, 0.1) is 33.4 Å². The average Bonchev–Trinajstić information content (AvgIpc) is 3.05. The van der Waals surface area contributed by atoms with Gasteiger partial charge in [0.25, 0.3) is 5.56 Å². The second-order valence-electron chi connectivity index (χ2n) is 6.57. The number of ether oxygens (including phenoxy) is 2. The van der Waals surface area contributed by atoms with Gasteiger partial charge in [0.15, 0.2) is 22.7 Å². The summed E-state index contributed by atoms with van der Waals surface area (Å²) in [5.41, 5.74) is -0.0862. The van der Waals surface area contributed by atoms with Crippen LogP contribution in [0.1, 0.15) is 6.92 Å². The lowest BCUT2D eigenvalue weighted by Crippen LogP contribution is -2.41. The molecule has 0 spiro atoms. The number of methoxy groups -OCH3 is 2. The van der Waals surface area contributed by atoms with Crippen molar-refractivity contribution in [2.75, 3.05) is 14.2 Å². The van der Waals surface area contributed by atoms with E-state index in [1.165, 1.54) is 18.8 Å². The van der Waals surface area contributed by atoms with Crippen LogP contribution in [0.5, 0.6) is 11.5 Å². The summed E-state index contributed by atoms with van der Waals surface area (Å²) in [6.45, 7) is 1.35. The molecule has 0 bridgehead atoms. The second-order valence-corrected chi connectivity index (χ2v) is 6.57. The van der Waals surface area contributed by atoms with Gasteiger partial charge < -0.3 is 19.1 Å². The van der Waals surface area contributed by atoms with Crippen molar-refractivity contribution in [1.82, 2.24) is 18.7 Å². The molecule has 0 amide bonds. The first-order valence-electron chi connectivity index (χ1n) is 8.88. The molecule has 0 aliphatic carbocycles. The summed E-state index contributed by atoms with van der Waals surface area (Å²) in [5, 5.41) is 9.85. The minimum Gasteiger partial charge on any atom is -0.493 e. The number of aryl methyl sites for hydroxylation is 1. The quantitative estimate of drug-likeness (QED) is 0.610. The van der Waals surface area contributed by atoms with Crippen molar-refractivity contribution in [2.45, 2.75) is 26.1 Å². The van der Waals surface area contributed by atoms with Crippen molar-refractivity contribution in [3.8, 4) is 35.2 Å². The molecule has 9 nitrogen and oxygen atoms in total. The molecule has 2 aromatic heterocycles. The number of aliphatic hydroxyl groups is 1. The summed E-state index contributed by atoms with van der Waals surface area (Å²) in [5.74, 6) is 3.83. The topological polar surface area (TPSA) is 101 Å². The van der Waals surface area contributed by atoms with Crippen LogP contribution in [-0.4, -0.2) is 44.1 Å². The predicted octanol–water partition coefficient (Wildman–Crippen LogP) is 0.595. The molecule has 0 aliphatic heterocycles. The first-order chi connectivity index (χ1) is 13.8. The van der Waals surface area contributed by atoms with E-state index in [0.717, 1.165) is 4.57 Å². The first-order valence-corrected chi connectivity index (χ1v) is 8.88. The Balaban J connectivity index is 2.37. The van der Waals surface area contributed by atoms with Crippen molar-refractivity contribution < 1.29 is 14.6 Å². The molecule has 0 saturated carbocycles. The Hall–Kier alpha value is -3.51. The third-order valence-corrected chi connectivity index (χ3v) is 4.58. The molecule has 29 heavy (non-hydrogen) atoms. The van der Waals surface area contributed by atoms with Gasteiger partial charge >= 0.3 is 5.69 Å². The van der Waals surface area contributed by atoms with Crippen molar-refractivity contribution in [3.05, 3.63) is 39.0 Å². The van der Waals surface area contributed by atoms with E-state index in [-0.39, 0.29) is 24.3 Å². The molecule has 1 unspecified atom stereocenters. The van der Waals surface area contributed by atoms with Crippen molar-refractivity contribution in [1.29, 1.82) is 0 Å².